The summed E-state index contributed by atoms with van der Waals surface area (Å²) in [6.45, 7) is 6.53. The maximum absolute atomic E-state index is 12.4. The van der Waals surface area contributed by atoms with Crippen LogP contribution in [0.5, 0.6) is 11.5 Å². The summed E-state index contributed by atoms with van der Waals surface area (Å²) < 4.78 is 10.5. The lowest BCUT2D eigenvalue weighted by Gasteiger charge is -2.40. The van der Waals surface area contributed by atoms with E-state index >= 15 is 0 Å². The minimum Gasteiger partial charge on any atom is -0.454 e. The van der Waals surface area contributed by atoms with Crippen molar-refractivity contribution in [3.05, 3.63) is 23.8 Å². The zero-order chi connectivity index (χ0) is 15.7. The molecule has 6 heteroatoms. The first-order chi connectivity index (χ1) is 10.6. The largest absolute Gasteiger partial charge is 0.454 e. The molecule has 1 aromatic carbocycles. The molecule has 3 rings (SSSR count). The van der Waals surface area contributed by atoms with Crippen LogP contribution in [0.25, 0.3) is 0 Å². The number of amides is 2. The second kappa shape index (κ2) is 5.87. The molecule has 2 amide bonds. The fraction of sp³-hybridized carbons (Fsp3) is 0.500. The smallest absolute Gasteiger partial charge is 0.254 e. The summed E-state index contributed by atoms with van der Waals surface area (Å²) in [6, 6.07) is 5.17. The topological polar surface area (TPSA) is 59.1 Å². The molecule has 0 unspecified atom stereocenters. The van der Waals surface area contributed by atoms with Crippen LogP contribution in [-0.2, 0) is 4.79 Å². The number of fused-ring (bicyclic) bond motifs is 1. The molecule has 1 aromatic rings. The maximum atomic E-state index is 12.4. The lowest BCUT2D eigenvalue weighted by Crippen LogP contribution is -2.56. The normalized spacial score (nSPS) is 16.4. The van der Waals surface area contributed by atoms with Crippen LogP contribution in [0.3, 0.4) is 0 Å². The van der Waals surface area contributed by atoms with Crippen LogP contribution in [0.4, 0.5) is 0 Å². The first-order valence-corrected chi connectivity index (χ1v) is 7.61. The lowest BCUT2D eigenvalue weighted by molar-refractivity contribution is -0.139. The van der Waals surface area contributed by atoms with Crippen molar-refractivity contribution in [2.24, 2.45) is 5.92 Å². The summed E-state index contributed by atoms with van der Waals surface area (Å²) in [5.74, 6) is 1.26. The fourth-order valence-electron chi connectivity index (χ4n) is 2.81. The number of hydrogen-bond donors (Lipinski definition) is 0. The fourth-order valence-corrected chi connectivity index (χ4v) is 2.81. The third kappa shape index (κ3) is 2.49. The van der Waals surface area contributed by atoms with Crippen LogP contribution in [0.1, 0.15) is 24.2 Å². The van der Waals surface area contributed by atoms with Crippen LogP contribution in [-0.4, -0.2) is 54.6 Å². The Morgan fingerprint density at radius 2 is 1.86 bits per heavy atom. The second-order valence-electron chi connectivity index (χ2n) is 5.49. The quantitative estimate of drug-likeness (QED) is 0.842. The van der Waals surface area contributed by atoms with Crippen LogP contribution in [0.15, 0.2) is 18.2 Å². The number of benzene rings is 1. The molecule has 1 saturated heterocycles. The van der Waals surface area contributed by atoms with Gasteiger partial charge in [-0.3, -0.25) is 9.59 Å². The molecule has 0 aliphatic carbocycles. The van der Waals surface area contributed by atoms with Crippen molar-refractivity contribution in [2.45, 2.75) is 13.8 Å². The molecule has 2 aliphatic heterocycles. The maximum Gasteiger partial charge on any atom is 0.254 e. The Kier molecular flexibility index (Phi) is 3.92. The molecule has 118 valence electrons. The highest BCUT2D eigenvalue weighted by Gasteiger charge is 2.37. The lowest BCUT2D eigenvalue weighted by atomic mass is 9.97. The predicted octanol–water partition coefficient (Wildman–Crippen LogP) is 1.36. The minimum atomic E-state index is -0.0714. The number of carbonyl (C=O) groups excluding carboxylic acids is 2. The third-order valence-electron chi connectivity index (χ3n) is 4.21. The molecule has 1 fully saturated rings. The van der Waals surface area contributed by atoms with E-state index in [-0.39, 0.29) is 24.5 Å². The van der Waals surface area contributed by atoms with Gasteiger partial charge in [0, 0.05) is 31.7 Å². The average Bonchev–Trinajstić information content (AvgIpc) is 2.94. The first kappa shape index (κ1) is 14.7. The van der Waals surface area contributed by atoms with Crippen molar-refractivity contribution in [1.29, 1.82) is 0 Å². The molecule has 0 saturated carbocycles. The van der Waals surface area contributed by atoms with E-state index in [1.807, 2.05) is 18.7 Å². The molecule has 0 radical (unpaired) electrons. The zero-order valence-electron chi connectivity index (χ0n) is 12.9. The van der Waals surface area contributed by atoms with Gasteiger partial charge in [0.05, 0.1) is 5.92 Å². The number of ether oxygens (including phenoxy) is 2. The number of rotatable bonds is 4. The van der Waals surface area contributed by atoms with E-state index in [9.17, 15) is 9.59 Å². The molecule has 6 nitrogen and oxygen atoms in total. The molecule has 2 aliphatic rings. The van der Waals surface area contributed by atoms with Crippen LogP contribution < -0.4 is 9.47 Å². The summed E-state index contributed by atoms with van der Waals surface area (Å²) in [6.07, 6.45) is 0. The average molecular weight is 304 g/mol. The van der Waals surface area contributed by atoms with Crippen LogP contribution >= 0.6 is 0 Å². The molecule has 0 aromatic heterocycles. The molecule has 22 heavy (non-hydrogen) atoms. The van der Waals surface area contributed by atoms with E-state index in [1.54, 1.807) is 23.1 Å². The summed E-state index contributed by atoms with van der Waals surface area (Å²) in [5.41, 5.74) is 0.568. The van der Waals surface area contributed by atoms with Crippen molar-refractivity contribution in [1.82, 2.24) is 9.80 Å². The molecule has 0 spiro atoms. The molecule has 0 atom stereocenters. The summed E-state index contributed by atoms with van der Waals surface area (Å²) in [7, 11) is 0. The zero-order valence-corrected chi connectivity index (χ0v) is 12.9. The van der Waals surface area contributed by atoms with E-state index in [1.165, 1.54) is 0 Å². The first-order valence-electron chi connectivity index (χ1n) is 7.61. The van der Waals surface area contributed by atoms with Crippen molar-refractivity contribution < 1.29 is 19.1 Å². The number of nitrogens with zero attached hydrogens (tertiary/aromatic N) is 2. The monoisotopic (exact) mass is 304 g/mol. The highest BCUT2D eigenvalue weighted by molar-refractivity contribution is 5.96. The van der Waals surface area contributed by atoms with Crippen molar-refractivity contribution in [2.75, 3.05) is 33.0 Å². The molecular formula is C16H20N2O4. The Morgan fingerprint density at radius 1 is 1.18 bits per heavy atom. The van der Waals surface area contributed by atoms with Gasteiger partial charge in [-0.1, -0.05) is 0 Å². The Hall–Kier alpha value is -2.24. The summed E-state index contributed by atoms with van der Waals surface area (Å²) in [5, 5.41) is 0. The van der Waals surface area contributed by atoms with Crippen molar-refractivity contribution in [3.8, 4) is 11.5 Å². The Labute approximate surface area is 129 Å². The van der Waals surface area contributed by atoms with Gasteiger partial charge in [0.2, 0.25) is 12.7 Å². The van der Waals surface area contributed by atoms with Gasteiger partial charge in [-0.2, -0.15) is 0 Å². The van der Waals surface area contributed by atoms with E-state index < -0.39 is 0 Å². The number of likely N-dealkylation sites (tertiary alicyclic amines) is 1. The summed E-state index contributed by atoms with van der Waals surface area (Å²) >= 11 is 0. The van der Waals surface area contributed by atoms with E-state index in [0.29, 0.717) is 43.2 Å². The summed E-state index contributed by atoms with van der Waals surface area (Å²) in [4.78, 5) is 28.1. The SMILES string of the molecule is CCN(CC)C(=O)C1CN(C(=O)c2ccc3c(c2)OCO3)C1. The van der Waals surface area contributed by atoms with Gasteiger partial charge in [0.25, 0.3) is 5.91 Å². The van der Waals surface area contributed by atoms with Gasteiger partial charge < -0.3 is 19.3 Å². The van der Waals surface area contributed by atoms with Gasteiger partial charge in [0.15, 0.2) is 11.5 Å². The predicted molar refractivity (Wildman–Crippen MR) is 79.9 cm³/mol. The second-order valence-corrected chi connectivity index (χ2v) is 5.49. The van der Waals surface area contributed by atoms with Gasteiger partial charge in [-0.25, -0.2) is 0 Å². The number of carbonyl (C=O) groups is 2. The highest BCUT2D eigenvalue weighted by atomic mass is 16.7. The standard InChI is InChI=1S/C16H20N2O4/c1-3-17(4-2)16(20)12-8-18(9-12)15(19)11-5-6-13-14(7-11)22-10-21-13/h5-7,12H,3-4,8-10H2,1-2H3. The van der Waals surface area contributed by atoms with Gasteiger partial charge >= 0.3 is 0 Å². The van der Waals surface area contributed by atoms with Gasteiger partial charge in [-0.05, 0) is 32.0 Å². The Balaban J connectivity index is 1.61. The Bertz CT molecular complexity index is 592. The van der Waals surface area contributed by atoms with E-state index in [4.69, 9.17) is 9.47 Å². The Morgan fingerprint density at radius 3 is 2.55 bits per heavy atom. The molecule has 0 bridgehead atoms. The van der Waals surface area contributed by atoms with Crippen LogP contribution in [0, 0.1) is 5.92 Å². The molecule has 0 N–H and O–H groups in total. The molecular weight excluding hydrogens is 284 g/mol. The third-order valence-corrected chi connectivity index (χ3v) is 4.21. The van der Waals surface area contributed by atoms with Gasteiger partial charge in [-0.15, -0.1) is 0 Å². The van der Waals surface area contributed by atoms with Gasteiger partial charge in [0.1, 0.15) is 0 Å². The van der Waals surface area contributed by atoms with E-state index in [2.05, 4.69) is 0 Å². The number of hydrogen-bond acceptors (Lipinski definition) is 4. The minimum absolute atomic E-state index is 0.0677. The molecule has 2 heterocycles. The van der Waals surface area contributed by atoms with E-state index in [0.717, 1.165) is 0 Å². The van der Waals surface area contributed by atoms with Crippen molar-refractivity contribution >= 4 is 11.8 Å². The van der Waals surface area contributed by atoms with Crippen LogP contribution in [0.2, 0.25) is 0 Å². The van der Waals surface area contributed by atoms with Crippen molar-refractivity contribution in [3.63, 3.8) is 0 Å². The highest BCUT2D eigenvalue weighted by Crippen LogP contribution is 2.33.